The molecule has 7 N–H and O–H groups in total. The second-order valence-corrected chi connectivity index (χ2v) is 21.5. The predicted molar refractivity (Wildman–Crippen MR) is 262 cm³/mol. The average molecular weight is 1030 g/mol. The molecule has 410 valence electrons. The van der Waals surface area contributed by atoms with E-state index in [1.165, 1.54) is 25.8 Å². The number of primary amides is 1. The number of alkyl halides is 1. The summed E-state index contributed by atoms with van der Waals surface area (Å²) >= 11 is 0. The topological polar surface area (TPSA) is 263 Å². The smallest absolute Gasteiger partial charge is 0.311 e. The molecule has 3 aliphatic heterocycles. The minimum Gasteiger partial charge on any atom is -0.459 e. The van der Waals surface area contributed by atoms with Crippen molar-refractivity contribution < 1.29 is 72.7 Å². The number of rotatable bonds is 16. The highest BCUT2D eigenvalue weighted by atomic mass is 19.1. The lowest BCUT2D eigenvalue weighted by Crippen LogP contribution is -2.59. The zero-order chi connectivity index (χ0) is 53.6. The van der Waals surface area contributed by atoms with E-state index in [0.717, 1.165) is 0 Å². The van der Waals surface area contributed by atoms with Crippen LogP contribution in [0.4, 0.5) is 4.39 Å². The van der Waals surface area contributed by atoms with Gasteiger partial charge < -0.3 is 74.2 Å². The van der Waals surface area contributed by atoms with Gasteiger partial charge in [0.2, 0.25) is 5.91 Å². The summed E-state index contributed by atoms with van der Waals surface area (Å²) in [7, 11) is 6.63. The van der Waals surface area contributed by atoms with E-state index in [9.17, 15) is 39.5 Å². The van der Waals surface area contributed by atoms with Crippen molar-refractivity contribution in [1.82, 2.24) is 24.8 Å². The molecule has 19 atom stereocenters. The molecule has 5 rings (SSSR count). The first-order chi connectivity index (χ1) is 33.7. The Balaban J connectivity index is 1.42. The van der Waals surface area contributed by atoms with E-state index in [-0.39, 0.29) is 31.6 Å². The Kier molecular flexibility index (Phi) is 20.7. The molecule has 1 amide bonds. The van der Waals surface area contributed by atoms with Crippen LogP contribution in [0, 0.1) is 11.8 Å². The largest absolute Gasteiger partial charge is 0.459 e. The number of halogens is 1. The molecule has 0 spiro atoms. The number of hydrogen-bond acceptors (Lipinski definition) is 18. The molecule has 0 radical (unpaired) electrons. The molecule has 4 heterocycles. The molecule has 3 saturated heterocycles. The number of cyclic esters (lactones) is 1. The molecule has 72 heavy (non-hydrogen) atoms. The number of benzene rings is 1. The minimum absolute atomic E-state index is 0.0827. The highest BCUT2D eigenvalue weighted by molar-refractivity contribution is 5.92. The maximum Gasteiger partial charge on any atom is 0.311 e. The molecule has 1 aromatic carbocycles. The third-order valence-electron chi connectivity index (χ3n) is 15.6. The summed E-state index contributed by atoms with van der Waals surface area (Å²) in [5.74, 6) is -2.60. The zero-order valence-corrected chi connectivity index (χ0v) is 44.6. The Bertz CT molecular complexity index is 2030. The quantitative estimate of drug-likeness (QED) is 0.132. The summed E-state index contributed by atoms with van der Waals surface area (Å²) in [6, 6.07) is 4.47. The number of nitrogens with two attached hydrogens (primary N) is 1. The molecule has 0 aliphatic carbocycles. The van der Waals surface area contributed by atoms with Crippen molar-refractivity contribution in [2.45, 2.75) is 203 Å². The summed E-state index contributed by atoms with van der Waals surface area (Å²) in [5.41, 5.74) is 2.34. The number of methoxy groups -OCH3 is 2. The number of carbonyl (C=O) groups is 2. The maximum absolute atomic E-state index is 14.7. The Morgan fingerprint density at radius 2 is 1.67 bits per heavy atom. The van der Waals surface area contributed by atoms with Crippen LogP contribution >= 0.6 is 0 Å². The third kappa shape index (κ3) is 13.9. The number of esters is 1. The van der Waals surface area contributed by atoms with E-state index < -0.39 is 127 Å². The number of aliphatic hydroxyl groups is 5. The van der Waals surface area contributed by atoms with Crippen molar-refractivity contribution in [3.8, 4) is 0 Å². The zero-order valence-electron chi connectivity index (χ0n) is 44.6. The molecule has 2 aromatic rings. The molecule has 0 bridgehead atoms. The van der Waals surface area contributed by atoms with E-state index >= 15 is 0 Å². The van der Waals surface area contributed by atoms with Crippen LogP contribution in [0.2, 0.25) is 0 Å². The van der Waals surface area contributed by atoms with Crippen LogP contribution in [0.15, 0.2) is 30.5 Å². The summed E-state index contributed by atoms with van der Waals surface area (Å²) in [6.07, 6.45) is -8.28. The van der Waals surface area contributed by atoms with E-state index in [1.807, 2.05) is 37.7 Å². The van der Waals surface area contributed by atoms with Crippen molar-refractivity contribution in [2.24, 2.45) is 17.6 Å². The van der Waals surface area contributed by atoms with Crippen LogP contribution < -0.4 is 5.73 Å². The Labute approximate surface area is 424 Å². The monoisotopic (exact) mass is 1020 g/mol. The minimum atomic E-state index is -1.85. The van der Waals surface area contributed by atoms with Gasteiger partial charge in [0.15, 0.2) is 12.6 Å². The fourth-order valence-electron chi connectivity index (χ4n) is 10.8. The number of ether oxygens (including phenoxy) is 7. The number of amides is 1. The predicted octanol–water partition coefficient (Wildman–Crippen LogP) is 2.86. The SMILES string of the molecule is CC[C@H]1OC(=O)[C@H](C)[C@@H](O[C@H]2C[C@@](C)(OC)[C@@H](O)[C@H](C)O2)C[C@@H](O[C@@H]2O[C@H](C)C[C@H](N(C)CCc3cn([C@H](CF)[C@H](OC)c4ccc(C(N)=O)cc4)nn3)[C@H]2O)[C@](C)(O)C[C@@H](C)CN(C)[C@H](C)[C@@H](O)[C@]1(C)O. The van der Waals surface area contributed by atoms with Crippen LogP contribution in [0.25, 0.3) is 0 Å². The number of aromatic nitrogens is 3. The second-order valence-electron chi connectivity index (χ2n) is 21.5. The van der Waals surface area contributed by atoms with Gasteiger partial charge in [0.05, 0.1) is 47.2 Å². The van der Waals surface area contributed by atoms with Crippen LogP contribution in [0.5, 0.6) is 0 Å². The molecule has 3 aliphatic rings. The van der Waals surface area contributed by atoms with E-state index in [0.29, 0.717) is 42.8 Å². The lowest BCUT2D eigenvalue weighted by molar-refractivity contribution is -0.308. The Morgan fingerprint density at radius 1 is 1.00 bits per heavy atom. The molecule has 21 heteroatoms. The Hall–Kier alpha value is -3.29. The van der Waals surface area contributed by atoms with Crippen LogP contribution in [0.3, 0.4) is 0 Å². The van der Waals surface area contributed by atoms with E-state index in [1.54, 1.807) is 72.0 Å². The summed E-state index contributed by atoms with van der Waals surface area (Å²) in [6.45, 7) is 15.5. The van der Waals surface area contributed by atoms with Crippen molar-refractivity contribution >= 4 is 11.9 Å². The van der Waals surface area contributed by atoms with Crippen molar-refractivity contribution in [3.63, 3.8) is 0 Å². The van der Waals surface area contributed by atoms with Gasteiger partial charge in [-0.2, -0.15) is 0 Å². The lowest BCUT2D eigenvalue weighted by Gasteiger charge is -2.47. The fraction of sp³-hybridized carbons (Fsp3) is 0.804. The first kappa shape index (κ1) is 59.6. The van der Waals surface area contributed by atoms with Crippen molar-refractivity contribution in [2.75, 3.05) is 48.1 Å². The summed E-state index contributed by atoms with van der Waals surface area (Å²) in [5, 5.41) is 67.9. The normalized spacial score (nSPS) is 38.9. The third-order valence-corrected chi connectivity index (χ3v) is 15.6. The van der Waals surface area contributed by atoms with Gasteiger partial charge >= 0.3 is 5.97 Å². The lowest BCUT2D eigenvalue weighted by atomic mass is 9.83. The molecule has 1 aromatic heterocycles. The number of likely N-dealkylation sites (N-methyl/N-ethyl adjacent to an activating group) is 2. The Morgan fingerprint density at radius 3 is 2.26 bits per heavy atom. The molecule has 3 fully saturated rings. The number of hydrogen-bond donors (Lipinski definition) is 6. The molecule has 0 unspecified atom stereocenters. The van der Waals surface area contributed by atoms with Gasteiger partial charge in [-0.3, -0.25) is 9.59 Å². The van der Waals surface area contributed by atoms with Gasteiger partial charge in [0.1, 0.15) is 48.8 Å². The van der Waals surface area contributed by atoms with Gasteiger partial charge in [0, 0.05) is 70.4 Å². The van der Waals surface area contributed by atoms with Gasteiger partial charge in [-0.1, -0.05) is 31.2 Å². The van der Waals surface area contributed by atoms with Gasteiger partial charge in [-0.05, 0) is 105 Å². The van der Waals surface area contributed by atoms with Crippen LogP contribution in [-0.2, 0) is 44.4 Å². The standard InChI is InChI=1S/C51H85FN6O14/c1-14-39-51(9,65)44(60)31(5)57(11)26-28(2)23-49(7,64)40(22-38(30(4)47(63)71-39)70-41-24-50(8,67-13)45(61)32(6)69-41)72-48-42(59)36(21-29(3)68-48)56(10)20-19-35-27-58(55-54-35)37(25-52)43(66-12)33-15-17-34(18-16-33)46(53)62/h15-18,27-32,36-45,48,59-61,64-65H,14,19-26H2,1-13H3,(H2,53,62)/t28-,29-,30-,31-,32+,36+,37-,38+,39-,40-,41+,42-,43-,44-,45+,48+,49-,50-,51-/m1/s1. The number of nitrogens with zero attached hydrogens (tertiary/aromatic N) is 5. The molecule has 20 nitrogen and oxygen atoms in total. The van der Waals surface area contributed by atoms with E-state index in [4.69, 9.17) is 38.9 Å². The first-order valence-electron chi connectivity index (χ1n) is 25.4. The van der Waals surface area contributed by atoms with Crippen molar-refractivity contribution in [3.05, 3.63) is 47.3 Å². The second kappa shape index (κ2) is 25.0. The molecular formula is C51H85FN6O14. The van der Waals surface area contributed by atoms with Gasteiger partial charge in [0.25, 0.3) is 0 Å². The maximum atomic E-state index is 14.7. The van der Waals surface area contributed by atoms with Crippen molar-refractivity contribution in [1.29, 1.82) is 0 Å². The molecule has 0 saturated carbocycles. The fourth-order valence-corrected chi connectivity index (χ4v) is 10.8. The number of carbonyl (C=O) groups excluding carboxylic acids is 2. The van der Waals surface area contributed by atoms with Gasteiger partial charge in [-0.15, -0.1) is 5.10 Å². The number of aliphatic hydroxyl groups excluding tert-OH is 3. The van der Waals surface area contributed by atoms with Gasteiger partial charge in [-0.25, -0.2) is 9.07 Å². The summed E-state index contributed by atoms with van der Waals surface area (Å²) < 4.78 is 59.6. The average Bonchev–Trinajstić information content (AvgIpc) is 3.80. The van der Waals surface area contributed by atoms with Crippen LogP contribution in [0.1, 0.15) is 128 Å². The highest BCUT2D eigenvalue weighted by Crippen LogP contribution is 2.39. The van der Waals surface area contributed by atoms with E-state index in [2.05, 4.69) is 10.3 Å². The highest BCUT2D eigenvalue weighted by Gasteiger charge is 2.51. The first-order valence-corrected chi connectivity index (χ1v) is 25.4. The van der Waals surface area contributed by atoms with Crippen LogP contribution in [-0.4, -0.2) is 201 Å². The molecular weight excluding hydrogens is 940 g/mol. The summed E-state index contributed by atoms with van der Waals surface area (Å²) in [4.78, 5) is 29.8.